The van der Waals surface area contributed by atoms with E-state index in [2.05, 4.69) is 25.2 Å². The number of nitrogens with one attached hydrogen (secondary N) is 1. The molecule has 0 radical (unpaired) electrons. The van der Waals surface area contributed by atoms with E-state index in [1.165, 1.54) is 11.1 Å². The number of hydrogen-bond acceptors (Lipinski definition) is 2. The van der Waals surface area contributed by atoms with Crippen LogP contribution in [-0.4, -0.2) is 36.5 Å². The van der Waals surface area contributed by atoms with E-state index in [1.807, 2.05) is 31.2 Å². The first kappa shape index (κ1) is 22.2. The van der Waals surface area contributed by atoms with E-state index in [4.69, 9.17) is 17.3 Å². The number of carbonyl (C=O) groups excluding carboxylic acids is 2. The average Bonchev–Trinajstić information content (AvgIpc) is 2.94. The molecular formula is C24H30ClN3O2. The number of fused-ring (bicyclic) bond motifs is 1. The van der Waals surface area contributed by atoms with Crippen molar-refractivity contribution in [2.24, 2.45) is 5.73 Å². The summed E-state index contributed by atoms with van der Waals surface area (Å²) in [4.78, 5) is 25.9. The Labute approximate surface area is 183 Å². The van der Waals surface area contributed by atoms with E-state index >= 15 is 0 Å². The Morgan fingerprint density at radius 3 is 2.43 bits per heavy atom. The predicted octanol–water partition coefficient (Wildman–Crippen LogP) is 4.28. The van der Waals surface area contributed by atoms with Crippen LogP contribution in [0.1, 0.15) is 64.9 Å². The van der Waals surface area contributed by atoms with Crippen molar-refractivity contribution in [3.05, 3.63) is 68.7 Å². The molecule has 2 aromatic carbocycles. The molecule has 0 aromatic heterocycles. The lowest BCUT2D eigenvalue weighted by Crippen LogP contribution is -2.38. The Bertz CT molecular complexity index is 940. The van der Waals surface area contributed by atoms with Crippen LogP contribution < -0.4 is 11.1 Å². The van der Waals surface area contributed by atoms with Gasteiger partial charge in [-0.15, -0.1) is 0 Å². The molecule has 1 unspecified atom stereocenters. The number of halogens is 1. The van der Waals surface area contributed by atoms with Gasteiger partial charge < -0.3 is 16.0 Å². The third-order valence-corrected chi connectivity index (χ3v) is 6.42. The lowest BCUT2D eigenvalue weighted by molar-refractivity contribution is 0.0956. The maximum Gasteiger partial charge on any atom is 0.314 e. The number of carbonyl (C=O) groups is 2. The Morgan fingerprint density at radius 1 is 1.17 bits per heavy atom. The van der Waals surface area contributed by atoms with Crippen LogP contribution in [0.3, 0.4) is 0 Å². The van der Waals surface area contributed by atoms with Crippen molar-refractivity contribution in [3.8, 4) is 0 Å². The van der Waals surface area contributed by atoms with Crippen molar-refractivity contribution in [2.75, 3.05) is 19.6 Å². The number of hydrogen-bond donors (Lipinski definition) is 2. The van der Waals surface area contributed by atoms with Gasteiger partial charge in [-0.2, -0.15) is 0 Å². The fourth-order valence-electron chi connectivity index (χ4n) is 4.35. The monoisotopic (exact) mass is 427 g/mol. The molecule has 0 bridgehead atoms. The molecular weight excluding hydrogens is 398 g/mol. The number of nitrogens with zero attached hydrogens (tertiary/aromatic N) is 1. The van der Waals surface area contributed by atoms with Crippen LogP contribution in [-0.2, 0) is 19.3 Å². The molecule has 0 aliphatic carbocycles. The van der Waals surface area contributed by atoms with E-state index < -0.39 is 6.03 Å². The zero-order valence-corrected chi connectivity index (χ0v) is 18.7. The van der Waals surface area contributed by atoms with E-state index in [9.17, 15) is 9.59 Å². The second-order valence-electron chi connectivity index (χ2n) is 7.67. The molecule has 0 spiro atoms. The summed E-state index contributed by atoms with van der Waals surface area (Å²) in [6, 6.07) is 9.44. The molecule has 6 heteroatoms. The Balaban J connectivity index is 2.11. The average molecular weight is 428 g/mol. The second kappa shape index (κ2) is 9.52. The van der Waals surface area contributed by atoms with Gasteiger partial charge in [0.1, 0.15) is 0 Å². The number of aryl methyl sites for hydroxylation is 1. The standard InChI is InChI=1S/C24H30ClN3O2/c1-4-15-13-20-19(22(25)18(15)5-2)11-12-28(24(26)30)14-21(20)16-7-9-17(10-8-16)23(29)27-6-3/h7-10,13,21H,4-6,11-12,14H2,1-3H3,(H2,26,30)(H,27,29). The SMILES string of the molecule is CCNC(=O)c1ccc(C2CN(C(N)=O)CCc3c2cc(CC)c(CC)c3Cl)cc1. The third kappa shape index (κ3) is 4.31. The topological polar surface area (TPSA) is 75.4 Å². The lowest BCUT2D eigenvalue weighted by Gasteiger charge is -2.25. The number of amides is 3. The fourth-order valence-corrected chi connectivity index (χ4v) is 4.80. The zero-order valence-electron chi connectivity index (χ0n) is 17.9. The summed E-state index contributed by atoms with van der Waals surface area (Å²) in [6.07, 6.45) is 2.46. The van der Waals surface area contributed by atoms with Gasteiger partial charge in [-0.3, -0.25) is 4.79 Å². The first-order chi connectivity index (χ1) is 14.4. The fraction of sp³-hybridized carbons (Fsp3) is 0.417. The van der Waals surface area contributed by atoms with Crippen molar-refractivity contribution < 1.29 is 9.59 Å². The number of benzene rings is 2. The minimum atomic E-state index is -0.422. The Morgan fingerprint density at radius 2 is 1.87 bits per heavy atom. The van der Waals surface area contributed by atoms with Gasteiger partial charge in [0.25, 0.3) is 5.91 Å². The molecule has 1 heterocycles. The molecule has 0 saturated heterocycles. The summed E-state index contributed by atoms with van der Waals surface area (Å²) >= 11 is 6.88. The van der Waals surface area contributed by atoms with Gasteiger partial charge in [-0.1, -0.05) is 43.6 Å². The normalized spacial score (nSPS) is 16.0. The third-order valence-electron chi connectivity index (χ3n) is 5.96. The quantitative estimate of drug-likeness (QED) is 0.747. The van der Waals surface area contributed by atoms with Crippen molar-refractivity contribution in [1.82, 2.24) is 10.2 Å². The summed E-state index contributed by atoms with van der Waals surface area (Å²) in [7, 11) is 0. The van der Waals surface area contributed by atoms with Crippen molar-refractivity contribution in [2.45, 2.75) is 46.0 Å². The Kier molecular flexibility index (Phi) is 7.03. The number of rotatable bonds is 5. The van der Waals surface area contributed by atoms with Crippen LogP contribution in [0, 0.1) is 0 Å². The first-order valence-electron chi connectivity index (χ1n) is 10.7. The van der Waals surface area contributed by atoms with Crippen LogP contribution in [0.25, 0.3) is 0 Å². The molecule has 0 saturated carbocycles. The van der Waals surface area contributed by atoms with Crippen LogP contribution in [0.4, 0.5) is 4.79 Å². The highest BCUT2D eigenvalue weighted by molar-refractivity contribution is 6.32. The van der Waals surface area contributed by atoms with Gasteiger partial charge in [-0.25, -0.2) is 4.79 Å². The van der Waals surface area contributed by atoms with E-state index in [1.54, 1.807) is 4.90 Å². The highest BCUT2D eigenvalue weighted by Crippen LogP contribution is 2.38. The molecule has 2 aromatic rings. The van der Waals surface area contributed by atoms with Gasteiger partial charge >= 0.3 is 6.03 Å². The molecule has 1 aliphatic heterocycles. The van der Waals surface area contributed by atoms with Crippen molar-refractivity contribution in [1.29, 1.82) is 0 Å². The highest BCUT2D eigenvalue weighted by atomic mass is 35.5. The molecule has 30 heavy (non-hydrogen) atoms. The van der Waals surface area contributed by atoms with Crippen LogP contribution in [0.5, 0.6) is 0 Å². The van der Waals surface area contributed by atoms with E-state index in [0.29, 0.717) is 31.6 Å². The van der Waals surface area contributed by atoms with E-state index in [0.717, 1.165) is 34.6 Å². The molecule has 0 fully saturated rings. The summed E-state index contributed by atoms with van der Waals surface area (Å²) in [5.74, 6) is -0.139. The lowest BCUT2D eigenvalue weighted by atomic mass is 9.84. The molecule has 5 nitrogen and oxygen atoms in total. The highest BCUT2D eigenvalue weighted by Gasteiger charge is 2.29. The minimum absolute atomic E-state index is 0.0491. The summed E-state index contributed by atoms with van der Waals surface area (Å²) in [5, 5.41) is 3.64. The van der Waals surface area contributed by atoms with Crippen molar-refractivity contribution >= 4 is 23.5 Å². The summed E-state index contributed by atoms with van der Waals surface area (Å²) in [6.45, 7) is 7.78. The zero-order chi connectivity index (χ0) is 21.8. The molecule has 160 valence electrons. The van der Waals surface area contributed by atoms with Gasteiger partial charge in [0.05, 0.1) is 0 Å². The van der Waals surface area contributed by atoms with Gasteiger partial charge in [0.2, 0.25) is 0 Å². The Hall–Kier alpha value is -2.53. The largest absolute Gasteiger partial charge is 0.352 e. The molecule has 3 N–H and O–H groups in total. The van der Waals surface area contributed by atoms with Crippen molar-refractivity contribution in [3.63, 3.8) is 0 Å². The predicted molar refractivity (Wildman–Crippen MR) is 121 cm³/mol. The maximum atomic E-state index is 12.1. The van der Waals surface area contributed by atoms with Gasteiger partial charge in [0.15, 0.2) is 0 Å². The smallest absolute Gasteiger partial charge is 0.314 e. The van der Waals surface area contributed by atoms with Gasteiger partial charge in [0, 0.05) is 36.1 Å². The van der Waals surface area contributed by atoms with Gasteiger partial charge in [-0.05, 0) is 66.1 Å². The molecule has 3 rings (SSSR count). The van der Waals surface area contributed by atoms with E-state index in [-0.39, 0.29) is 11.8 Å². The van der Waals surface area contributed by atoms with Crippen LogP contribution in [0.2, 0.25) is 5.02 Å². The van der Waals surface area contributed by atoms with Crippen LogP contribution in [0.15, 0.2) is 30.3 Å². The summed E-state index contributed by atoms with van der Waals surface area (Å²) < 4.78 is 0. The molecule has 1 aliphatic rings. The summed E-state index contributed by atoms with van der Waals surface area (Å²) in [5.41, 5.74) is 12.0. The number of primary amides is 1. The minimum Gasteiger partial charge on any atom is -0.352 e. The maximum absolute atomic E-state index is 12.1. The molecule has 3 amide bonds. The first-order valence-corrected chi connectivity index (χ1v) is 11.0. The number of urea groups is 1. The molecule has 1 atom stereocenters. The number of nitrogens with two attached hydrogens (primary N) is 1. The van der Waals surface area contributed by atoms with Crippen LogP contribution >= 0.6 is 11.6 Å². The second-order valence-corrected chi connectivity index (χ2v) is 8.05.